The molecule has 0 saturated carbocycles. The fourth-order valence-corrected chi connectivity index (χ4v) is 1.98. The molecule has 0 aliphatic heterocycles. The van der Waals surface area contributed by atoms with Gasteiger partial charge in [-0.1, -0.05) is 64.7 Å². The van der Waals surface area contributed by atoms with Crippen LogP contribution in [0.1, 0.15) is 84.0 Å². The summed E-state index contributed by atoms with van der Waals surface area (Å²) in [6, 6.07) is 0. The number of ketones is 1. The Labute approximate surface area is 106 Å². The molecule has 0 amide bonds. The summed E-state index contributed by atoms with van der Waals surface area (Å²) in [5.74, 6) is 0.0413. The second kappa shape index (κ2) is 13.4. The Morgan fingerprint density at radius 1 is 0.824 bits per heavy atom. The Morgan fingerprint density at radius 3 is 1.76 bits per heavy atom. The van der Waals surface area contributed by atoms with E-state index in [4.69, 9.17) is 0 Å². The van der Waals surface area contributed by atoms with Gasteiger partial charge in [-0.2, -0.15) is 0 Å². The highest BCUT2D eigenvalue weighted by molar-refractivity contribution is 5.89. The third kappa shape index (κ3) is 13.3. The van der Waals surface area contributed by atoms with Crippen molar-refractivity contribution in [1.29, 1.82) is 0 Å². The van der Waals surface area contributed by atoms with E-state index in [1.54, 1.807) is 6.29 Å². The predicted molar refractivity (Wildman–Crippen MR) is 71.8 cm³/mol. The van der Waals surface area contributed by atoms with Crippen LogP contribution < -0.4 is 0 Å². The molecule has 0 spiro atoms. The van der Waals surface area contributed by atoms with Crippen LogP contribution in [-0.4, -0.2) is 12.1 Å². The molecule has 0 saturated heterocycles. The first-order valence-corrected chi connectivity index (χ1v) is 7.18. The van der Waals surface area contributed by atoms with E-state index in [0.29, 0.717) is 6.42 Å². The standard InChI is InChI=1S/C15H27O2/c1-2-3-4-5-6-7-8-9-10-11-12-15(17)13-14-16/h2-13H2,1H3. The SMILES string of the molecule is CCCCCCCCCCCCC(=O)C[C]=O. The molecule has 0 bridgehead atoms. The maximum atomic E-state index is 11.0. The van der Waals surface area contributed by atoms with Gasteiger partial charge in [0.05, 0.1) is 6.42 Å². The van der Waals surface area contributed by atoms with Gasteiger partial charge >= 0.3 is 0 Å². The molecule has 0 aliphatic carbocycles. The van der Waals surface area contributed by atoms with Crippen LogP contribution in [0.25, 0.3) is 0 Å². The predicted octanol–water partition coefficient (Wildman–Crippen LogP) is 4.37. The summed E-state index contributed by atoms with van der Waals surface area (Å²) in [6.45, 7) is 2.24. The van der Waals surface area contributed by atoms with Crippen LogP contribution >= 0.6 is 0 Å². The molecule has 1 radical (unpaired) electrons. The Balaban J connectivity index is 3.03. The van der Waals surface area contributed by atoms with E-state index in [-0.39, 0.29) is 12.2 Å². The highest BCUT2D eigenvalue weighted by Gasteiger charge is 2.00. The summed E-state index contributed by atoms with van der Waals surface area (Å²) < 4.78 is 0. The summed E-state index contributed by atoms with van der Waals surface area (Å²) in [6.07, 6.45) is 14.9. The Kier molecular flexibility index (Phi) is 12.9. The number of carbonyl (C=O) groups excluding carboxylic acids is 2. The zero-order valence-corrected chi connectivity index (χ0v) is 11.3. The molecule has 99 valence electrons. The van der Waals surface area contributed by atoms with E-state index in [9.17, 15) is 9.59 Å². The Morgan fingerprint density at radius 2 is 1.29 bits per heavy atom. The fourth-order valence-electron chi connectivity index (χ4n) is 1.98. The van der Waals surface area contributed by atoms with Gasteiger partial charge in [0, 0.05) is 6.42 Å². The van der Waals surface area contributed by atoms with Gasteiger partial charge < -0.3 is 0 Å². The molecule has 2 nitrogen and oxygen atoms in total. The van der Waals surface area contributed by atoms with E-state index in [0.717, 1.165) is 12.8 Å². The molecule has 0 rings (SSSR count). The van der Waals surface area contributed by atoms with E-state index < -0.39 is 0 Å². The van der Waals surface area contributed by atoms with Gasteiger partial charge in [-0.05, 0) is 6.42 Å². The normalized spacial score (nSPS) is 10.4. The highest BCUT2D eigenvalue weighted by atomic mass is 16.1. The molecule has 0 aliphatic rings. The molecule has 17 heavy (non-hydrogen) atoms. The lowest BCUT2D eigenvalue weighted by atomic mass is 10.0. The number of rotatable bonds is 13. The van der Waals surface area contributed by atoms with Crippen LogP contribution in [0, 0.1) is 0 Å². The number of Topliss-reactive ketones (excluding diaryl/α,β-unsaturated/α-hetero) is 1. The lowest BCUT2D eigenvalue weighted by molar-refractivity contribution is -0.118. The van der Waals surface area contributed by atoms with Crippen molar-refractivity contribution in [1.82, 2.24) is 0 Å². The molecule has 0 N–H and O–H groups in total. The van der Waals surface area contributed by atoms with Gasteiger partial charge in [-0.3, -0.25) is 9.59 Å². The number of hydrogen-bond acceptors (Lipinski definition) is 2. The largest absolute Gasteiger partial charge is 0.299 e. The topological polar surface area (TPSA) is 34.1 Å². The molecular formula is C15H27O2. The molecule has 0 atom stereocenters. The van der Waals surface area contributed by atoms with Gasteiger partial charge in [-0.15, -0.1) is 0 Å². The van der Waals surface area contributed by atoms with Gasteiger partial charge in [0.1, 0.15) is 5.78 Å². The van der Waals surface area contributed by atoms with Crippen LogP contribution in [0.2, 0.25) is 0 Å². The molecule has 0 heterocycles. The van der Waals surface area contributed by atoms with Crippen molar-refractivity contribution >= 4 is 12.1 Å². The second-order valence-corrected chi connectivity index (χ2v) is 4.79. The number of unbranched alkanes of at least 4 members (excludes halogenated alkanes) is 9. The van der Waals surface area contributed by atoms with Crippen LogP contribution in [0.15, 0.2) is 0 Å². The van der Waals surface area contributed by atoms with Crippen molar-refractivity contribution in [2.75, 3.05) is 0 Å². The molecule has 0 aromatic rings. The smallest absolute Gasteiger partial charge is 0.206 e. The second-order valence-electron chi connectivity index (χ2n) is 4.79. The van der Waals surface area contributed by atoms with Crippen molar-refractivity contribution in [3.63, 3.8) is 0 Å². The molecule has 0 fully saturated rings. The summed E-state index contributed by atoms with van der Waals surface area (Å²) in [4.78, 5) is 21.0. The summed E-state index contributed by atoms with van der Waals surface area (Å²) in [5, 5.41) is 0. The molecule has 0 aromatic heterocycles. The molecule has 0 aromatic carbocycles. The minimum absolute atomic E-state index is 0.0164. The first-order valence-electron chi connectivity index (χ1n) is 7.18. The fraction of sp³-hybridized carbons (Fsp3) is 0.867. The quantitative estimate of drug-likeness (QED) is 0.353. The summed E-state index contributed by atoms with van der Waals surface area (Å²) in [7, 11) is 0. The lowest BCUT2D eigenvalue weighted by Gasteiger charge is -2.01. The summed E-state index contributed by atoms with van der Waals surface area (Å²) >= 11 is 0. The molecular weight excluding hydrogens is 212 g/mol. The third-order valence-electron chi connectivity index (χ3n) is 3.08. The third-order valence-corrected chi connectivity index (χ3v) is 3.08. The molecule has 2 heteroatoms. The maximum absolute atomic E-state index is 11.0. The monoisotopic (exact) mass is 239 g/mol. The average Bonchev–Trinajstić information content (AvgIpc) is 2.32. The van der Waals surface area contributed by atoms with Gasteiger partial charge in [0.2, 0.25) is 6.29 Å². The van der Waals surface area contributed by atoms with Crippen LogP contribution in [0.4, 0.5) is 0 Å². The van der Waals surface area contributed by atoms with Crippen molar-refractivity contribution in [2.45, 2.75) is 84.0 Å². The van der Waals surface area contributed by atoms with E-state index in [1.165, 1.54) is 51.4 Å². The first-order chi connectivity index (χ1) is 8.31. The van der Waals surface area contributed by atoms with Crippen LogP contribution in [0.5, 0.6) is 0 Å². The first kappa shape index (κ1) is 16.3. The minimum Gasteiger partial charge on any atom is -0.299 e. The van der Waals surface area contributed by atoms with E-state index in [2.05, 4.69) is 6.92 Å². The summed E-state index contributed by atoms with van der Waals surface area (Å²) in [5.41, 5.74) is 0. The highest BCUT2D eigenvalue weighted by Crippen LogP contribution is 2.11. The lowest BCUT2D eigenvalue weighted by Crippen LogP contribution is -1.97. The van der Waals surface area contributed by atoms with Crippen molar-refractivity contribution < 1.29 is 9.59 Å². The average molecular weight is 239 g/mol. The van der Waals surface area contributed by atoms with Gasteiger partial charge in [0.25, 0.3) is 0 Å². The van der Waals surface area contributed by atoms with Crippen molar-refractivity contribution in [3.8, 4) is 0 Å². The van der Waals surface area contributed by atoms with Crippen LogP contribution in [-0.2, 0) is 9.59 Å². The van der Waals surface area contributed by atoms with Crippen molar-refractivity contribution in [3.05, 3.63) is 0 Å². The van der Waals surface area contributed by atoms with Crippen LogP contribution in [0.3, 0.4) is 0 Å². The van der Waals surface area contributed by atoms with Crippen molar-refractivity contribution in [2.24, 2.45) is 0 Å². The number of hydrogen-bond donors (Lipinski definition) is 0. The van der Waals surface area contributed by atoms with Gasteiger partial charge in [0.15, 0.2) is 0 Å². The van der Waals surface area contributed by atoms with E-state index >= 15 is 0 Å². The van der Waals surface area contributed by atoms with Gasteiger partial charge in [-0.25, -0.2) is 0 Å². The maximum Gasteiger partial charge on any atom is 0.206 e. The van der Waals surface area contributed by atoms with E-state index in [1.807, 2.05) is 0 Å². The Bertz CT molecular complexity index is 187. The number of carbonyl (C=O) groups is 1. The Hall–Kier alpha value is -0.660. The zero-order valence-electron chi connectivity index (χ0n) is 11.3. The zero-order chi connectivity index (χ0) is 12.8. The molecule has 0 unspecified atom stereocenters. The minimum atomic E-state index is -0.0164.